The summed E-state index contributed by atoms with van der Waals surface area (Å²) in [5, 5.41) is 0. The van der Waals surface area contributed by atoms with Gasteiger partial charge < -0.3 is 15.4 Å². The van der Waals surface area contributed by atoms with Gasteiger partial charge >= 0.3 is 0 Å². The standard InChI is InChI=1S/C17H26N2O2/c1-12(2)16(21-15-6-4-5-13(3)11-15)17(20)19-9-7-14(18)8-10-19/h4-6,11-12,14,16H,7-10,18H2,1-3H3. The second kappa shape index (κ2) is 6.94. The molecule has 2 rings (SSSR count). The molecule has 1 heterocycles. The molecule has 1 aromatic carbocycles. The molecule has 1 aliphatic rings. The number of nitrogens with two attached hydrogens (primary N) is 1. The number of hydrogen-bond donors (Lipinski definition) is 1. The molecule has 1 saturated heterocycles. The number of nitrogens with zero attached hydrogens (tertiary/aromatic N) is 1. The third-order valence-electron chi connectivity index (χ3n) is 3.95. The molecular weight excluding hydrogens is 264 g/mol. The first-order chi connectivity index (χ1) is 9.97. The summed E-state index contributed by atoms with van der Waals surface area (Å²) in [4.78, 5) is 14.6. The van der Waals surface area contributed by atoms with Crippen LogP contribution in [0.2, 0.25) is 0 Å². The summed E-state index contributed by atoms with van der Waals surface area (Å²) in [7, 11) is 0. The van der Waals surface area contributed by atoms with E-state index in [0.717, 1.165) is 37.2 Å². The van der Waals surface area contributed by atoms with E-state index in [4.69, 9.17) is 10.5 Å². The van der Waals surface area contributed by atoms with Crippen LogP contribution in [0.15, 0.2) is 24.3 Å². The molecule has 1 aromatic rings. The summed E-state index contributed by atoms with van der Waals surface area (Å²) in [5.41, 5.74) is 7.03. The maximum atomic E-state index is 12.7. The predicted molar refractivity (Wildman–Crippen MR) is 84.2 cm³/mol. The SMILES string of the molecule is Cc1cccc(OC(C(=O)N2CCC(N)CC2)C(C)C)c1. The highest BCUT2D eigenvalue weighted by molar-refractivity contribution is 5.81. The van der Waals surface area contributed by atoms with Gasteiger partial charge in [0, 0.05) is 19.1 Å². The molecule has 1 aliphatic heterocycles. The average molecular weight is 290 g/mol. The maximum absolute atomic E-state index is 12.7. The molecule has 1 unspecified atom stereocenters. The largest absolute Gasteiger partial charge is 0.480 e. The van der Waals surface area contributed by atoms with E-state index in [1.807, 2.05) is 49.9 Å². The van der Waals surface area contributed by atoms with E-state index < -0.39 is 6.10 Å². The summed E-state index contributed by atoms with van der Waals surface area (Å²) in [6.07, 6.45) is 1.32. The van der Waals surface area contributed by atoms with E-state index in [-0.39, 0.29) is 17.9 Å². The third kappa shape index (κ3) is 4.21. The normalized spacial score (nSPS) is 17.9. The second-order valence-electron chi connectivity index (χ2n) is 6.26. The number of carbonyl (C=O) groups excluding carboxylic acids is 1. The van der Waals surface area contributed by atoms with E-state index in [1.165, 1.54) is 0 Å². The minimum atomic E-state index is -0.430. The Hall–Kier alpha value is -1.55. The molecule has 0 aromatic heterocycles. The van der Waals surface area contributed by atoms with Gasteiger partial charge in [-0.1, -0.05) is 26.0 Å². The van der Waals surface area contributed by atoms with Crippen LogP contribution in [0.25, 0.3) is 0 Å². The molecule has 4 nitrogen and oxygen atoms in total. The van der Waals surface area contributed by atoms with E-state index >= 15 is 0 Å². The van der Waals surface area contributed by atoms with E-state index in [2.05, 4.69) is 0 Å². The Morgan fingerprint density at radius 1 is 1.33 bits per heavy atom. The molecule has 4 heteroatoms. The number of aryl methyl sites for hydroxylation is 1. The van der Waals surface area contributed by atoms with Crippen LogP contribution in [0.4, 0.5) is 0 Å². The average Bonchev–Trinajstić information content (AvgIpc) is 2.44. The highest BCUT2D eigenvalue weighted by Gasteiger charge is 2.31. The molecule has 2 N–H and O–H groups in total. The number of hydrogen-bond acceptors (Lipinski definition) is 3. The summed E-state index contributed by atoms with van der Waals surface area (Å²) < 4.78 is 5.98. The molecule has 0 saturated carbocycles. The lowest BCUT2D eigenvalue weighted by Gasteiger charge is -2.34. The van der Waals surface area contributed by atoms with Gasteiger partial charge in [0.2, 0.25) is 0 Å². The van der Waals surface area contributed by atoms with E-state index in [1.54, 1.807) is 0 Å². The number of piperidine rings is 1. The van der Waals surface area contributed by atoms with Crippen LogP contribution in [-0.2, 0) is 4.79 Å². The first-order valence-corrected chi connectivity index (χ1v) is 7.75. The monoisotopic (exact) mass is 290 g/mol. The van der Waals surface area contributed by atoms with Crippen LogP contribution < -0.4 is 10.5 Å². The Morgan fingerprint density at radius 3 is 2.57 bits per heavy atom. The molecular formula is C17H26N2O2. The first kappa shape index (κ1) is 15.8. The molecule has 1 atom stereocenters. The molecule has 1 amide bonds. The van der Waals surface area contributed by atoms with Crippen molar-refractivity contribution in [1.82, 2.24) is 4.90 Å². The van der Waals surface area contributed by atoms with Crippen molar-refractivity contribution in [2.24, 2.45) is 11.7 Å². The van der Waals surface area contributed by atoms with Crippen LogP contribution in [0.1, 0.15) is 32.3 Å². The summed E-state index contributed by atoms with van der Waals surface area (Å²) in [6.45, 7) is 7.54. The van der Waals surface area contributed by atoms with Gasteiger partial charge in [0.05, 0.1) is 0 Å². The van der Waals surface area contributed by atoms with E-state index in [0.29, 0.717) is 0 Å². The van der Waals surface area contributed by atoms with Gasteiger partial charge in [0.1, 0.15) is 5.75 Å². The zero-order valence-electron chi connectivity index (χ0n) is 13.2. The fourth-order valence-electron chi connectivity index (χ4n) is 2.61. The first-order valence-electron chi connectivity index (χ1n) is 7.75. The Bertz CT molecular complexity index is 479. The topological polar surface area (TPSA) is 55.6 Å². The van der Waals surface area contributed by atoms with Crippen molar-refractivity contribution in [1.29, 1.82) is 0 Å². The van der Waals surface area contributed by atoms with Crippen molar-refractivity contribution in [2.75, 3.05) is 13.1 Å². The van der Waals surface area contributed by atoms with Gasteiger partial charge in [-0.2, -0.15) is 0 Å². The Kier molecular flexibility index (Phi) is 5.23. The molecule has 0 radical (unpaired) electrons. The lowest BCUT2D eigenvalue weighted by molar-refractivity contribution is -0.141. The van der Waals surface area contributed by atoms with Crippen molar-refractivity contribution in [3.05, 3.63) is 29.8 Å². The Morgan fingerprint density at radius 2 is 2.00 bits per heavy atom. The maximum Gasteiger partial charge on any atom is 0.263 e. The number of rotatable bonds is 4. The quantitative estimate of drug-likeness (QED) is 0.926. The molecule has 0 spiro atoms. The molecule has 1 fully saturated rings. The highest BCUT2D eigenvalue weighted by atomic mass is 16.5. The van der Waals surface area contributed by atoms with Crippen molar-refractivity contribution in [3.8, 4) is 5.75 Å². The zero-order valence-corrected chi connectivity index (χ0v) is 13.2. The predicted octanol–water partition coefficient (Wildman–Crippen LogP) is 2.35. The fourth-order valence-corrected chi connectivity index (χ4v) is 2.61. The number of benzene rings is 1. The number of amides is 1. The summed E-state index contributed by atoms with van der Waals surface area (Å²) >= 11 is 0. The van der Waals surface area contributed by atoms with Gasteiger partial charge in [-0.25, -0.2) is 0 Å². The van der Waals surface area contributed by atoms with Gasteiger partial charge in [-0.15, -0.1) is 0 Å². The van der Waals surface area contributed by atoms with Crippen LogP contribution in [-0.4, -0.2) is 36.0 Å². The van der Waals surface area contributed by atoms with Crippen molar-refractivity contribution < 1.29 is 9.53 Å². The lowest BCUT2D eigenvalue weighted by atomic mass is 10.0. The highest BCUT2D eigenvalue weighted by Crippen LogP contribution is 2.20. The van der Waals surface area contributed by atoms with Gasteiger partial charge in [-0.05, 0) is 43.4 Å². The Labute approximate surface area is 127 Å². The van der Waals surface area contributed by atoms with Crippen LogP contribution in [0.5, 0.6) is 5.75 Å². The van der Waals surface area contributed by atoms with Crippen LogP contribution in [0, 0.1) is 12.8 Å². The van der Waals surface area contributed by atoms with Gasteiger partial charge in [0.25, 0.3) is 5.91 Å². The molecule has 0 bridgehead atoms. The van der Waals surface area contributed by atoms with Gasteiger partial charge in [0.15, 0.2) is 6.10 Å². The van der Waals surface area contributed by atoms with Crippen LogP contribution >= 0.6 is 0 Å². The minimum Gasteiger partial charge on any atom is -0.480 e. The fraction of sp³-hybridized carbons (Fsp3) is 0.588. The second-order valence-corrected chi connectivity index (χ2v) is 6.26. The minimum absolute atomic E-state index is 0.0819. The van der Waals surface area contributed by atoms with Crippen molar-refractivity contribution >= 4 is 5.91 Å². The third-order valence-corrected chi connectivity index (χ3v) is 3.95. The van der Waals surface area contributed by atoms with Gasteiger partial charge in [-0.3, -0.25) is 4.79 Å². The zero-order chi connectivity index (χ0) is 15.4. The van der Waals surface area contributed by atoms with E-state index in [9.17, 15) is 4.79 Å². The van der Waals surface area contributed by atoms with Crippen molar-refractivity contribution in [2.45, 2.75) is 45.8 Å². The van der Waals surface area contributed by atoms with Crippen molar-refractivity contribution in [3.63, 3.8) is 0 Å². The number of ether oxygens (including phenoxy) is 1. The molecule has 116 valence electrons. The van der Waals surface area contributed by atoms with Crippen LogP contribution in [0.3, 0.4) is 0 Å². The number of likely N-dealkylation sites (tertiary alicyclic amines) is 1. The number of carbonyl (C=O) groups is 1. The molecule has 21 heavy (non-hydrogen) atoms. The Balaban J connectivity index is 2.06. The lowest BCUT2D eigenvalue weighted by Crippen LogP contribution is -2.49. The summed E-state index contributed by atoms with van der Waals surface area (Å²) in [6, 6.07) is 8.07. The molecule has 0 aliphatic carbocycles. The summed E-state index contributed by atoms with van der Waals surface area (Å²) in [5.74, 6) is 0.975. The smallest absolute Gasteiger partial charge is 0.263 e.